The summed E-state index contributed by atoms with van der Waals surface area (Å²) in [7, 11) is -8.46. The lowest BCUT2D eigenvalue weighted by molar-refractivity contribution is -0.133. The normalized spacial score (nSPS) is 23.7. The lowest BCUT2D eigenvalue weighted by Crippen LogP contribution is -2.65. The lowest BCUT2D eigenvalue weighted by atomic mass is 9.63. The number of carbonyl (C=O) groups is 4. The molecule has 0 bridgehead atoms. The van der Waals surface area contributed by atoms with Crippen molar-refractivity contribution in [3.63, 3.8) is 0 Å². The van der Waals surface area contributed by atoms with E-state index in [1.54, 1.807) is 13.8 Å². The number of amides is 3. The first-order valence-electron chi connectivity index (χ1n) is 12.6. The predicted octanol–water partition coefficient (Wildman–Crippen LogP) is -1.66. The molecule has 2 heterocycles. The van der Waals surface area contributed by atoms with Crippen LogP contribution >= 0.6 is 0 Å². The predicted molar refractivity (Wildman–Crippen MR) is 135 cm³/mol. The maximum absolute atomic E-state index is 13.1. The van der Waals surface area contributed by atoms with Crippen molar-refractivity contribution in [3.05, 3.63) is 0 Å². The minimum Gasteiger partial charge on any atom is -0.446 e. The molecule has 3 aliphatic rings. The first-order valence-corrected chi connectivity index (χ1v) is 15.9. The van der Waals surface area contributed by atoms with Crippen LogP contribution < -0.4 is 16.0 Å². The van der Waals surface area contributed by atoms with Crippen molar-refractivity contribution in [1.29, 1.82) is 0 Å². The fourth-order valence-corrected chi connectivity index (χ4v) is 6.68. The largest absolute Gasteiger partial charge is 0.446 e. The summed E-state index contributed by atoms with van der Waals surface area (Å²) in [6.45, 7) is 4.59. The van der Waals surface area contributed by atoms with Gasteiger partial charge >= 0.3 is 6.09 Å². The number of carbonyl (C=O) groups excluding carboxylic acids is 4. The Labute approximate surface area is 227 Å². The molecule has 1 saturated carbocycles. The van der Waals surface area contributed by atoms with Gasteiger partial charge in [0.25, 0.3) is 10.1 Å². The molecule has 4 atom stereocenters. The second kappa shape index (κ2) is 11.6. The van der Waals surface area contributed by atoms with Gasteiger partial charge in [-0.3, -0.25) is 18.9 Å². The molecule has 0 aromatic carbocycles. The van der Waals surface area contributed by atoms with Crippen molar-refractivity contribution in [2.24, 2.45) is 17.3 Å². The van der Waals surface area contributed by atoms with Gasteiger partial charge in [-0.15, -0.1) is 0 Å². The molecule has 15 nitrogen and oxygen atoms in total. The second-order valence-electron chi connectivity index (χ2n) is 11.1. The maximum atomic E-state index is 13.1. The molecule has 3 amide bonds. The maximum Gasteiger partial charge on any atom is 0.408 e. The Bertz CT molecular complexity index is 1190. The minimum atomic E-state index is -5.19. The van der Waals surface area contributed by atoms with Gasteiger partial charge in [-0.2, -0.15) is 8.42 Å². The van der Waals surface area contributed by atoms with Gasteiger partial charge in [-0.25, -0.2) is 17.5 Å². The van der Waals surface area contributed by atoms with Gasteiger partial charge in [0.1, 0.15) is 12.1 Å². The third-order valence-corrected chi connectivity index (χ3v) is 9.26. The quantitative estimate of drug-likeness (QED) is 0.160. The molecule has 1 spiro atoms. The van der Waals surface area contributed by atoms with Crippen molar-refractivity contribution < 1.29 is 50.4 Å². The SMILES string of the molecule is CC(C)C[C@H](NC(=O)OC1CC2(C1)CN(S(C)(=O)=O)C2)C(=O)N[C@@H](C[C@H]1CCNC1=O)C(=O)C(O)S(=O)(=O)O. The Morgan fingerprint density at radius 3 is 2.23 bits per heavy atom. The monoisotopic (exact) mass is 596 g/mol. The van der Waals surface area contributed by atoms with Crippen LogP contribution in [0.15, 0.2) is 0 Å². The molecule has 39 heavy (non-hydrogen) atoms. The van der Waals surface area contributed by atoms with Crippen molar-refractivity contribution in [2.75, 3.05) is 25.9 Å². The van der Waals surface area contributed by atoms with Gasteiger partial charge in [0.15, 0.2) is 0 Å². The molecule has 17 heteroatoms. The van der Waals surface area contributed by atoms with Crippen LogP contribution in [0.2, 0.25) is 0 Å². The summed E-state index contributed by atoms with van der Waals surface area (Å²) in [5.74, 6) is -3.55. The summed E-state index contributed by atoms with van der Waals surface area (Å²) in [5, 5.41) is 17.1. The smallest absolute Gasteiger partial charge is 0.408 e. The van der Waals surface area contributed by atoms with Gasteiger partial charge in [0.2, 0.25) is 33.1 Å². The molecule has 0 aromatic rings. The number of nitrogens with one attached hydrogen (secondary N) is 3. The van der Waals surface area contributed by atoms with Crippen LogP contribution in [0.25, 0.3) is 0 Å². The molecule has 5 N–H and O–H groups in total. The van der Waals surface area contributed by atoms with E-state index in [1.807, 2.05) is 0 Å². The van der Waals surface area contributed by atoms with E-state index in [2.05, 4.69) is 16.0 Å². The molecular weight excluding hydrogens is 560 g/mol. The summed E-state index contributed by atoms with van der Waals surface area (Å²) >= 11 is 0. The van der Waals surface area contributed by atoms with Crippen LogP contribution in [0.4, 0.5) is 4.79 Å². The van der Waals surface area contributed by atoms with Crippen LogP contribution in [-0.2, 0) is 39.3 Å². The molecule has 0 radical (unpaired) electrons. The minimum absolute atomic E-state index is 0.108. The molecule has 3 rings (SSSR count). The van der Waals surface area contributed by atoms with Crippen LogP contribution in [-0.4, -0.2) is 104 Å². The van der Waals surface area contributed by atoms with E-state index < -0.39 is 73.4 Å². The van der Waals surface area contributed by atoms with Crippen molar-refractivity contribution in [2.45, 2.75) is 69.6 Å². The zero-order valence-electron chi connectivity index (χ0n) is 22.0. The van der Waals surface area contributed by atoms with Gasteiger partial charge in [-0.05, 0) is 38.0 Å². The van der Waals surface area contributed by atoms with Crippen molar-refractivity contribution in [1.82, 2.24) is 20.3 Å². The Hall–Kier alpha value is -2.34. The van der Waals surface area contributed by atoms with E-state index >= 15 is 0 Å². The summed E-state index contributed by atoms with van der Waals surface area (Å²) in [4.78, 5) is 50.4. The topological polar surface area (TPSA) is 226 Å². The number of hydrogen-bond donors (Lipinski definition) is 5. The highest BCUT2D eigenvalue weighted by atomic mass is 32.2. The van der Waals surface area contributed by atoms with Gasteiger partial charge in [-0.1, -0.05) is 13.8 Å². The Morgan fingerprint density at radius 2 is 1.74 bits per heavy atom. The number of hydrogen-bond acceptors (Lipinski definition) is 10. The Morgan fingerprint density at radius 1 is 1.13 bits per heavy atom. The number of sulfonamides is 1. The number of ether oxygens (including phenoxy) is 1. The van der Waals surface area contributed by atoms with Crippen molar-refractivity contribution >= 4 is 43.8 Å². The number of aliphatic hydroxyl groups excluding tert-OH is 1. The van der Waals surface area contributed by atoms with E-state index in [4.69, 9.17) is 9.29 Å². The summed E-state index contributed by atoms with van der Waals surface area (Å²) in [5.41, 5.74) is -3.05. The molecular formula is C22H36N4O11S2. The molecule has 3 fully saturated rings. The third kappa shape index (κ3) is 7.87. The number of Topliss-reactive ketones (excluding diaryl/α,β-unsaturated/α-hetero) is 1. The highest BCUT2D eigenvalue weighted by molar-refractivity contribution is 7.88. The molecule has 1 unspecified atom stereocenters. The van der Waals surface area contributed by atoms with E-state index in [0.29, 0.717) is 38.9 Å². The first kappa shape index (κ1) is 31.2. The van der Waals surface area contributed by atoms with Gasteiger partial charge in [0, 0.05) is 31.0 Å². The first-order chi connectivity index (χ1) is 17.9. The lowest BCUT2D eigenvalue weighted by Gasteiger charge is -2.57. The Kier molecular flexibility index (Phi) is 9.31. The Balaban J connectivity index is 1.62. The number of rotatable bonds is 12. The highest BCUT2D eigenvalue weighted by Gasteiger charge is 2.56. The number of aliphatic hydroxyl groups is 1. The highest BCUT2D eigenvalue weighted by Crippen LogP contribution is 2.50. The average Bonchev–Trinajstić information content (AvgIpc) is 3.14. The number of nitrogens with zero attached hydrogens (tertiary/aromatic N) is 1. The van der Waals surface area contributed by atoms with E-state index in [-0.39, 0.29) is 24.2 Å². The van der Waals surface area contributed by atoms with E-state index in [0.717, 1.165) is 6.26 Å². The standard InChI is InChI=1S/C22H36N4O11S2/c1-12(2)6-16(25-21(31)37-14-8-22(9-14)10-26(11-22)38(3,32)33)19(29)24-15(7-13-4-5-23-18(13)28)17(27)20(30)39(34,35)36/h12-16,20,30H,4-11H2,1-3H3,(H,23,28)(H,24,29)(H,25,31)(H,34,35,36)/t13-,15+,16+,20?/m1/s1. The van der Waals surface area contributed by atoms with Crippen molar-refractivity contribution in [3.8, 4) is 0 Å². The average molecular weight is 597 g/mol. The fraction of sp³-hybridized carbons (Fsp3) is 0.818. The zero-order chi connectivity index (χ0) is 29.3. The summed E-state index contributed by atoms with van der Waals surface area (Å²) in [6, 6.07) is -2.84. The van der Waals surface area contributed by atoms with Gasteiger partial charge in [0.05, 0.1) is 12.3 Å². The molecule has 2 saturated heterocycles. The summed E-state index contributed by atoms with van der Waals surface area (Å²) in [6.07, 6.45) is 0.818. The molecule has 222 valence electrons. The number of alkyl carbamates (subject to hydrolysis) is 1. The van der Waals surface area contributed by atoms with Crippen LogP contribution in [0, 0.1) is 17.3 Å². The van der Waals surface area contributed by atoms with E-state index in [1.165, 1.54) is 4.31 Å². The van der Waals surface area contributed by atoms with Crippen LogP contribution in [0.3, 0.4) is 0 Å². The third-order valence-electron chi connectivity index (χ3n) is 7.27. The van der Waals surface area contributed by atoms with Crippen LogP contribution in [0.1, 0.15) is 46.0 Å². The summed E-state index contributed by atoms with van der Waals surface area (Å²) < 4.78 is 61.7. The molecule has 2 aliphatic heterocycles. The fourth-order valence-electron chi connectivity index (χ4n) is 5.21. The van der Waals surface area contributed by atoms with E-state index in [9.17, 15) is 41.1 Å². The zero-order valence-corrected chi connectivity index (χ0v) is 23.6. The van der Waals surface area contributed by atoms with Crippen LogP contribution in [0.5, 0.6) is 0 Å². The second-order valence-corrected chi connectivity index (χ2v) is 14.6. The molecule has 1 aliphatic carbocycles. The molecule has 0 aromatic heterocycles. The number of ketones is 1. The van der Waals surface area contributed by atoms with Gasteiger partial charge < -0.3 is 25.8 Å².